The molecule has 0 spiro atoms. The Morgan fingerprint density at radius 1 is 0.562 bits per heavy atom. The lowest BCUT2D eigenvalue weighted by Crippen LogP contribution is -2.42. The molecule has 22 heteroatoms. The molecular formula is C74H147N15O7. The third-order valence-electron chi connectivity index (χ3n) is 18.5. The molecule has 22 nitrogen and oxygen atoms in total. The second-order valence-corrected chi connectivity index (χ2v) is 28.4. The van der Waals surface area contributed by atoms with Crippen molar-refractivity contribution < 1.29 is 34.1 Å². The van der Waals surface area contributed by atoms with Crippen LogP contribution in [0, 0.1) is 24.7 Å². The monoisotopic (exact) mass is 1360 g/mol. The Morgan fingerprint density at radius 3 is 1.38 bits per heavy atom. The van der Waals surface area contributed by atoms with Gasteiger partial charge in [0.2, 0.25) is 5.91 Å². The number of imide groups is 1. The summed E-state index contributed by atoms with van der Waals surface area (Å²) in [5.41, 5.74) is 1.21. The number of rotatable bonds is 4. The maximum atomic E-state index is 10.5. The molecule has 6 N–H and O–H groups in total. The van der Waals surface area contributed by atoms with Crippen molar-refractivity contribution in [1.29, 1.82) is 0 Å². The molecule has 2 aromatic rings. The maximum absolute atomic E-state index is 10.5. The molecule has 0 bridgehead atoms. The van der Waals surface area contributed by atoms with Gasteiger partial charge >= 0.3 is 6.03 Å². The summed E-state index contributed by atoms with van der Waals surface area (Å²) in [5.74, 6) is 2.77. The van der Waals surface area contributed by atoms with Gasteiger partial charge in [-0.3, -0.25) is 24.8 Å². The average molecular weight is 1360 g/mol. The molecule has 11 aliphatic rings. The van der Waals surface area contributed by atoms with Crippen molar-refractivity contribution in [2.45, 2.75) is 175 Å². The van der Waals surface area contributed by atoms with E-state index in [1.165, 1.54) is 174 Å². The molecule has 10 aliphatic heterocycles. The molecule has 13 rings (SSSR count). The molecule has 3 unspecified atom stereocenters. The lowest BCUT2D eigenvalue weighted by molar-refractivity contribution is -0.120. The highest BCUT2D eigenvalue weighted by atomic mass is 16.5. The lowest BCUT2D eigenvalue weighted by Gasteiger charge is -2.28. The van der Waals surface area contributed by atoms with Gasteiger partial charge in [0, 0.05) is 116 Å². The quantitative estimate of drug-likeness (QED) is 0.166. The van der Waals surface area contributed by atoms with Gasteiger partial charge < -0.3 is 74.5 Å². The Bertz CT molecular complexity index is 1930. The van der Waals surface area contributed by atoms with Crippen LogP contribution in [0.25, 0.3) is 0 Å². The first-order valence-electron chi connectivity index (χ1n) is 37.4. The van der Waals surface area contributed by atoms with Gasteiger partial charge in [0.15, 0.2) is 0 Å². The number of imidazole rings is 1. The van der Waals surface area contributed by atoms with Gasteiger partial charge in [0.05, 0.1) is 45.5 Å². The molecule has 96 heavy (non-hydrogen) atoms. The topological polar surface area (TPSA) is 215 Å². The van der Waals surface area contributed by atoms with Gasteiger partial charge in [-0.05, 0) is 248 Å². The molecule has 1 aliphatic carbocycles. The Labute approximate surface area is 586 Å². The molecule has 560 valence electrons. The molecule has 3 amide bonds. The lowest BCUT2D eigenvalue weighted by atomic mass is 10.0. The van der Waals surface area contributed by atoms with Crippen LogP contribution in [0.2, 0.25) is 0 Å². The Balaban J connectivity index is 0.000000521. The Morgan fingerprint density at radius 2 is 1.11 bits per heavy atom. The number of Topliss-reactive ketones (excluding diaryl/α,β-unsaturated/α-hetero) is 1. The summed E-state index contributed by atoms with van der Waals surface area (Å²) in [6.45, 7) is 40.8. The number of urea groups is 1. The Hall–Kier alpha value is -3.59. The van der Waals surface area contributed by atoms with E-state index < -0.39 is 6.03 Å². The number of likely N-dealkylation sites (N-methyl/N-ethyl adjacent to an activating group) is 4. The number of unbranched alkanes of at least 4 members (excludes halogenated alkanes) is 1. The van der Waals surface area contributed by atoms with E-state index in [4.69, 9.17) is 19.7 Å². The van der Waals surface area contributed by atoms with Crippen molar-refractivity contribution in [2.24, 2.45) is 24.8 Å². The largest absolute Gasteiger partial charge is 0.395 e. The summed E-state index contributed by atoms with van der Waals surface area (Å²) in [6.07, 6.45) is 31.4. The second-order valence-electron chi connectivity index (χ2n) is 28.4. The molecular weight excluding hydrogens is 1210 g/mol. The number of nitrogens with one attached hydrogen (secondary N) is 4. The predicted molar refractivity (Wildman–Crippen MR) is 398 cm³/mol. The van der Waals surface area contributed by atoms with Gasteiger partial charge in [-0.15, -0.1) is 0 Å². The molecule has 0 aromatic carbocycles. The number of carbonyl (C=O) groups is 3. The van der Waals surface area contributed by atoms with Crippen molar-refractivity contribution in [2.75, 3.05) is 213 Å². The number of morpholine rings is 2. The van der Waals surface area contributed by atoms with Crippen LogP contribution in [0.4, 0.5) is 4.79 Å². The zero-order chi connectivity index (χ0) is 71.0. The van der Waals surface area contributed by atoms with E-state index in [9.17, 15) is 14.4 Å². The number of likely N-dealkylation sites (tertiary alicyclic amines) is 4. The van der Waals surface area contributed by atoms with E-state index in [1.54, 1.807) is 25.6 Å². The molecule has 2 aromatic heterocycles. The van der Waals surface area contributed by atoms with Gasteiger partial charge in [-0.25, -0.2) is 9.78 Å². The normalized spacial score (nSPS) is 24.5. The number of piperazine rings is 1. The van der Waals surface area contributed by atoms with Gasteiger partial charge in [0.1, 0.15) is 11.8 Å². The molecule has 1 saturated carbocycles. The van der Waals surface area contributed by atoms with Crippen LogP contribution >= 0.6 is 0 Å². The summed E-state index contributed by atoms with van der Waals surface area (Å²) in [5, 5.41) is 28.8. The van der Waals surface area contributed by atoms with Gasteiger partial charge in [-0.2, -0.15) is 0 Å². The zero-order valence-electron chi connectivity index (χ0n) is 63.8. The summed E-state index contributed by atoms with van der Waals surface area (Å²) < 4.78 is 12.2. The number of ether oxygens (including phenoxy) is 2. The van der Waals surface area contributed by atoms with Gasteiger partial charge in [0.25, 0.3) is 0 Å². The van der Waals surface area contributed by atoms with Crippen molar-refractivity contribution >= 4 is 17.7 Å². The highest BCUT2D eigenvalue weighted by Crippen LogP contribution is 2.20. The number of aryl methyl sites for hydroxylation is 2. The van der Waals surface area contributed by atoms with Gasteiger partial charge in [-0.1, -0.05) is 46.6 Å². The zero-order valence-corrected chi connectivity index (χ0v) is 63.8. The number of nitrogens with zero attached hydrogens (tertiary/aromatic N) is 11. The van der Waals surface area contributed by atoms with Crippen LogP contribution in [-0.2, 0) is 26.1 Å². The molecule has 12 heterocycles. The van der Waals surface area contributed by atoms with Crippen LogP contribution in [-0.4, -0.2) is 313 Å². The number of hydrogen-bond acceptors (Lipinski definition) is 19. The van der Waals surface area contributed by atoms with Crippen LogP contribution in [0.1, 0.15) is 156 Å². The van der Waals surface area contributed by atoms with E-state index in [-0.39, 0.29) is 18.1 Å². The first-order chi connectivity index (χ1) is 46.1. The van der Waals surface area contributed by atoms with Crippen molar-refractivity contribution in [1.82, 2.24) is 75.0 Å². The fourth-order valence-corrected chi connectivity index (χ4v) is 11.2. The number of ketones is 1. The number of hydrogen-bond donors (Lipinski definition) is 6. The molecule has 0 radical (unpaired) electrons. The maximum Gasteiger partial charge on any atom is 0.322 e. The SMILES string of the molecule is CC1CCC(=O)C1.CC1CCCNC1.CC1CCNCC1.CC1NC(=O)NC1=O.CCCCN1CCOCC1.CN1CCC(O)CC1.CN1CCCC1.CN1CCCCC1.CN1CCC[C@H]1CO.CN1CCN(C)CC1.CN1CCOCC1.Cc1cccnc1.Cn1ccnc1. The van der Waals surface area contributed by atoms with Crippen molar-refractivity contribution in [3.8, 4) is 0 Å². The van der Waals surface area contributed by atoms with Crippen LogP contribution in [0.5, 0.6) is 0 Å². The van der Waals surface area contributed by atoms with Crippen LogP contribution < -0.4 is 21.3 Å². The predicted octanol–water partition coefficient (Wildman–Crippen LogP) is 7.30. The minimum Gasteiger partial charge on any atom is -0.395 e. The molecule has 4 atom stereocenters. The first kappa shape index (κ1) is 90.4. The van der Waals surface area contributed by atoms with Crippen LogP contribution in [0.3, 0.4) is 0 Å². The summed E-state index contributed by atoms with van der Waals surface area (Å²) in [4.78, 5) is 57.4. The summed E-state index contributed by atoms with van der Waals surface area (Å²) in [6, 6.07) is 3.64. The van der Waals surface area contributed by atoms with E-state index >= 15 is 0 Å². The number of aliphatic hydroxyl groups is 2. The summed E-state index contributed by atoms with van der Waals surface area (Å²) in [7, 11) is 16.9. The van der Waals surface area contributed by atoms with E-state index in [0.717, 1.165) is 116 Å². The average Bonchev–Trinajstić information content (AvgIpc) is 4.10. The standard InChI is InChI=1S/C8H17NO.C6H14N2.2C6H13NO.2C6H13N.C6H7N.C6H13N.C6H10O.C5H11NO.C5H11N.C4H6N2O2.C4H6N2/c1-2-3-4-9-5-7-10-8-6-9;1-7-3-5-8(2)6-4-7;1-7-4-2-6(8)3-5-7;1-7-4-2-3-6(7)5-8;1-6-2-4-7-5-3-6;2*1-6-3-2-4-7-5-6;1-7-5-3-2-4-6-7;1-5-2-3-6(7)4-5;1-6-2-4-7-5-3-6;1-6-4-2-3-5-6;1-2-3(7)6-4(8)5-2;1-6-3-2-5-4-6/h2-8H2,1H3;3-6H2,1-2H3;2*6,8H,2-5H2,1H3;2*6-7H,2-5H2,1H3;2-5H,1H3;2-6H2,1H3;5H,2-4H2,1H3;2-5H2,1H3;2-5H2,1H3;2H,1H3,(H2,5,6,7,8);2-4H,1H3/t;;;6-;;;;;;;;;/m...0........./s1. The number of aromatic nitrogens is 3. The van der Waals surface area contributed by atoms with E-state index in [2.05, 4.69) is 147 Å². The smallest absolute Gasteiger partial charge is 0.322 e. The fraction of sp³-hybridized carbons (Fsp3) is 0.851. The first-order valence-corrected chi connectivity index (χ1v) is 37.4. The number of amides is 3. The minimum atomic E-state index is -0.400. The van der Waals surface area contributed by atoms with Crippen molar-refractivity contribution in [3.05, 3.63) is 48.8 Å². The summed E-state index contributed by atoms with van der Waals surface area (Å²) >= 11 is 0. The minimum absolute atomic E-state index is 0.0220. The number of carbonyl (C=O) groups excluding carboxylic acids is 3. The third kappa shape index (κ3) is 54.3. The van der Waals surface area contributed by atoms with Crippen LogP contribution in [0.15, 0.2) is 43.2 Å². The number of piperidine rings is 4. The highest BCUT2D eigenvalue weighted by Gasteiger charge is 2.24. The number of pyridine rings is 1. The second kappa shape index (κ2) is 60.2. The molecule has 10 saturated heterocycles. The molecule has 11 fully saturated rings. The van der Waals surface area contributed by atoms with E-state index in [0.29, 0.717) is 24.3 Å². The third-order valence-corrected chi connectivity index (χ3v) is 18.5. The fourth-order valence-electron chi connectivity index (χ4n) is 11.2. The van der Waals surface area contributed by atoms with E-state index in [1.807, 2.05) is 43.1 Å². The van der Waals surface area contributed by atoms with Crippen molar-refractivity contribution in [3.63, 3.8) is 0 Å². The number of aliphatic hydroxyl groups excluding tert-OH is 2. The Kier molecular flexibility index (Phi) is 56.7. The highest BCUT2D eigenvalue weighted by molar-refractivity contribution is 6.03.